The Morgan fingerprint density at radius 1 is 1.19 bits per heavy atom. The topological polar surface area (TPSA) is 81.8 Å². The van der Waals surface area contributed by atoms with E-state index in [0.717, 1.165) is 70.8 Å². The number of carbonyl (C=O) groups excluding carboxylic acids is 1. The third-order valence-corrected chi connectivity index (χ3v) is 8.15. The van der Waals surface area contributed by atoms with Crippen molar-refractivity contribution in [3.05, 3.63) is 68.9 Å². The van der Waals surface area contributed by atoms with Crippen LogP contribution in [0.2, 0.25) is 5.02 Å². The lowest BCUT2D eigenvalue weighted by atomic mass is 10.00. The predicted molar refractivity (Wildman–Crippen MR) is 148 cm³/mol. The zero-order chi connectivity index (χ0) is 25.8. The van der Waals surface area contributed by atoms with Crippen molar-refractivity contribution >= 4 is 51.0 Å². The molecule has 1 atom stereocenters. The quantitative estimate of drug-likeness (QED) is 0.266. The van der Waals surface area contributed by atoms with Crippen LogP contribution in [-0.4, -0.2) is 77.1 Å². The van der Waals surface area contributed by atoms with E-state index in [1.165, 1.54) is 7.11 Å². The zero-order valence-electron chi connectivity index (χ0n) is 20.4. The number of thioether (sulfide) groups is 1. The lowest BCUT2D eigenvalue weighted by Gasteiger charge is -2.26. The molecule has 11 heteroatoms. The van der Waals surface area contributed by atoms with Crippen LogP contribution in [0, 0.1) is 0 Å². The van der Waals surface area contributed by atoms with Crippen molar-refractivity contribution in [1.82, 2.24) is 19.7 Å². The first kappa shape index (κ1) is 26.4. The highest BCUT2D eigenvalue weighted by Crippen LogP contribution is 2.37. The number of ether oxygens (including phenoxy) is 2. The van der Waals surface area contributed by atoms with Gasteiger partial charge in [0.25, 0.3) is 0 Å². The molecule has 194 valence electrons. The fourth-order valence-electron chi connectivity index (χ4n) is 4.50. The van der Waals surface area contributed by atoms with Gasteiger partial charge < -0.3 is 9.47 Å². The molecule has 0 saturated carbocycles. The first-order valence-corrected chi connectivity index (χ1v) is 14.3. The second kappa shape index (κ2) is 12.1. The average Bonchev–Trinajstić information content (AvgIpc) is 3.27. The molecule has 1 saturated heterocycles. The maximum atomic E-state index is 12.1. The van der Waals surface area contributed by atoms with Gasteiger partial charge in [-0.3, -0.25) is 19.3 Å². The minimum atomic E-state index is -0.405. The van der Waals surface area contributed by atoms with Crippen molar-refractivity contribution < 1.29 is 14.3 Å². The highest BCUT2D eigenvalue weighted by molar-refractivity contribution is 9.10. The number of halogens is 2. The normalized spacial score (nSPS) is 17.5. The van der Waals surface area contributed by atoms with Gasteiger partial charge in [-0.15, -0.1) is 10.2 Å². The van der Waals surface area contributed by atoms with E-state index in [0.29, 0.717) is 17.3 Å². The first-order chi connectivity index (χ1) is 18.0. The predicted octanol–water partition coefficient (Wildman–Crippen LogP) is 4.95. The number of carbonyl (C=O) groups is 1. The third-order valence-electron chi connectivity index (χ3n) is 6.42. The number of hydrogen-bond donors (Lipinski definition) is 0. The summed E-state index contributed by atoms with van der Waals surface area (Å²) in [5, 5.41) is 10.6. The Kier molecular flexibility index (Phi) is 8.61. The third kappa shape index (κ3) is 5.93. The van der Waals surface area contributed by atoms with E-state index in [9.17, 15) is 4.79 Å². The number of morpholine rings is 1. The molecule has 0 aliphatic carbocycles. The summed E-state index contributed by atoms with van der Waals surface area (Å²) in [6, 6.07) is 13.4. The van der Waals surface area contributed by atoms with Crippen LogP contribution in [0.25, 0.3) is 5.69 Å². The van der Waals surface area contributed by atoms with Gasteiger partial charge in [-0.05, 0) is 30.7 Å². The average molecular weight is 605 g/mol. The van der Waals surface area contributed by atoms with Crippen LogP contribution in [0.5, 0.6) is 0 Å². The minimum Gasteiger partial charge on any atom is -0.469 e. The smallest absolute Gasteiger partial charge is 0.305 e. The van der Waals surface area contributed by atoms with Gasteiger partial charge in [0.2, 0.25) is 0 Å². The summed E-state index contributed by atoms with van der Waals surface area (Å²) in [6.07, 6.45) is 0.652. The SMILES string of the molecule is COC(=O)CC[C@@H]1N=C(c2ccccc2Cl)c2cc(Br)ccc2-n2c(SCCN3CCOCC3)nnc21. The Morgan fingerprint density at radius 2 is 2.00 bits per heavy atom. The summed E-state index contributed by atoms with van der Waals surface area (Å²) < 4.78 is 13.4. The molecule has 2 aromatic carbocycles. The van der Waals surface area contributed by atoms with E-state index < -0.39 is 6.04 Å². The molecule has 5 rings (SSSR count). The molecule has 0 bridgehead atoms. The van der Waals surface area contributed by atoms with Gasteiger partial charge in [0.1, 0.15) is 6.04 Å². The Bertz CT molecular complexity index is 1310. The molecule has 0 radical (unpaired) electrons. The second-order valence-corrected chi connectivity index (χ2v) is 11.1. The van der Waals surface area contributed by atoms with E-state index in [2.05, 4.69) is 35.6 Å². The van der Waals surface area contributed by atoms with E-state index >= 15 is 0 Å². The van der Waals surface area contributed by atoms with Crippen LogP contribution in [0.4, 0.5) is 0 Å². The standard InChI is InChI=1S/C26H27BrClN5O3S/c1-35-23(34)9-7-21-25-30-31-26(37-15-12-32-10-13-36-14-11-32)33(25)22-8-6-17(27)16-19(22)24(29-21)18-4-2-3-5-20(18)28/h2-6,8,16,21H,7,9-15H2,1H3/t21-/m0/s1. The molecule has 0 spiro atoms. The van der Waals surface area contributed by atoms with Crippen LogP contribution < -0.4 is 0 Å². The molecule has 3 heterocycles. The number of aromatic nitrogens is 3. The van der Waals surface area contributed by atoms with Crippen LogP contribution in [0.15, 0.2) is 57.1 Å². The number of aliphatic imine (C=N–C) groups is 1. The molecule has 2 aliphatic rings. The summed E-state index contributed by atoms with van der Waals surface area (Å²) in [6.45, 7) is 4.38. The zero-order valence-corrected chi connectivity index (χ0v) is 23.6. The summed E-state index contributed by atoms with van der Waals surface area (Å²) >= 11 is 12.0. The minimum absolute atomic E-state index is 0.215. The van der Waals surface area contributed by atoms with Crippen LogP contribution in [-0.2, 0) is 14.3 Å². The van der Waals surface area contributed by atoms with E-state index in [1.807, 2.05) is 42.5 Å². The maximum Gasteiger partial charge on any atom is 0.305 e. The van der Waals surface area contributed by atoms with E-state index in [1.54, 1.807) is 11.8 Å². The maximum absolute atomic E-state index is 12.1. The van der Waals surface area contributed by atoms with E-state index in [-0.39, 0.29) is 12.4 Å². The Hall–Kier alpha value is -2.24. The van der Waals surface area contributed by atoms with Gasteiger partial charge in [-0.1, -0.05) is 57.5 Å². The van der Waals surface area contributed by atoms with Gasteiger partial charge >= 0.3 is 5.97 Å². The van der Waals surface area contributed by atoms with Gasteiger partial charge in [0, 0.05) is 52.4 Å². The van der Waals surface area contributed by atoms with Gasteiger partial charge in [0.15, 0.2) is 11.0 Å². The molecular formula is C26H27BrClN5O3S. The summed E-state index contributed by atoms with van der Waals surface area (Å²) in [5.74, 6) is 1.28. The van der Waals surface area contributed by atoms with Crippen LogP contribution >= 0.6 is 39.3 Å². The molecule has 0 amide bonds. The van der Waals surface area contributed by atoms with Crippen LogP contribution in [0.3, 0.4) is 0 Å². The molecule has 8 nitrogen and oxygen atoms in total. The van der Waals surface area contributed by atoms with Crippen molar-refractivity contribution in [3.63, 3.8) is 0 Å². The van der Waals surface area contributed by atoms with Gasteiger partial charge in [-0.25, -0.2) is 0 Å². The Labute approximate surface area is 233 Å². The molecule has 37 heavy (non-hydrogen) atoms. The molecule has 1 aromatic heterocycles. The van der Waals surface area contributed by atoms with Crippen molar-refractivity contribution in [3.8, 4) is 5.69 Å². The molecule has 0 unspecified atom stereocenters. The fraction of sp³-hybridized carbons (Fsp3) is 0.385. The number of hydrogen-bond acceptors (Lipinski definition) is 8. The number of fused-ring (bicyclic) bond motifs is 3. The highest BCUT2D eigenvalue weighted by atomic mass is 79.9. The highest BCUT2D eigenvalue weighted by Gasteiger charge is 2.30. The summed E-state index contributed by atoms with van der Waals surface area (Å²) in [4.78, 5) is 19.6. The number of methoxy groups -OCH3 is 1. The lowest BCUT2D eigenvalue weighted by molar-refractivity contribution is -0.140. The van der Waals surface area contributed by atoms with Crippen molar-refractivity contribution in [2.24, 2.45) is 4.99 Å². The van der Waals surface area contributed by atoms with Crippen molar-refractivity contribution in [2.75, 3.05) is 45.7 Å². The van der Waals surface area contributed by atoms with Crippen molar-refractivity contribution in [2.45, 2.75) is 24.0 Å². The fourth-order valence-corrected chi connectivity index (χ4v) is 6.04. The van der Waals surface area contributed by atoms with Crippen molar-refractivity contribution in [1.29, 1.82) is 0 Å². The monoisotopic (exact) mass is 603 g/mol. The van der Waals surface area contributed by atoms with E-state index in [4.69, 9.17) is 26.1 Å². The largest absolute Gasteiger partial charge is 0.469 e. The second-order valence-electron chi connectivity index (χ2n) is 8.73. The summed E-state index contributed by atoms with van der Waals surface area (Å²) in [5.41, 5.74) is 3.42. The molecule has 3 aromatic rings. The molecular weight excluding hydrogens is 578 g/mol. The number of nitrogens with zero attached hydrogens (tertiary/aromatic N) is 5. The van der Waals surface area contributed by atoms with Gasteiger partial charge in [-0.2, -0.15) is 0 Å². The van der Waals surface area contributed by atoms with Gasteiger partial charge in [0.05, 0.1) is 31.7 Å². The number of rotatable bonds is 8. The molecule has 0 N–H and O–H groups in total. The Balaban J connectivity index is 1.56. The number of benzene rings is 2. The molecule has 1 fully saturated rings. The number of esters is 1. The Morgan fingerprint density at radius 3 is 2.78 bits per heavy atom. The lowest BCUT2D eigenvalue weighted by Crippen LogP contribution is -2.37. The summed E-state index contributed by atoms with van der Waals surface area (Å²) in [7, 11) is 1.40. The molecule has 2 aliphatic heterocycles. The van der Waals surface area contributed by atoms with Crippen LogP contribution in [0.1, 0.15) is 35.8 Å². The first-order valence-electron chi connectivity index (χ1n) is 12.1.